The van der Waals surface area contributed by atoms with E-state index in [0.717, 1.165) is 15.3 Å². The van der Waals surface area contributed by atoms with Crippen LogP contribution < -0.4 is 0 Å². The van der Waals surface area contributed by atoms with Crippen molar-refractivity contribution in [2.24, 2.45) is 17.3 Å². The molecule has 0 aromatic rings. The van der Waals surface area contributed by atoms with Gasteiger partial charge in [-0.05, 0) is 0 Å². The predicted molar refractivity (Wildman–Crippen MR) is 48.7 cm³/mol. The van der Waals surface area contributed by atoms with Gasteiger partial charge in [0, 0.05) is 0 Å². The molecule has 61 valence electrons. The Morgan fingerprint density at radius 1 is 1.27 bits per heavy atom. The van der Waals surface area contributed by atoms with Crippen LogP contribution in [0, 0.1) is 17.3 Å². The second kappa shape index (κ2) is 2.18. The van der Waals surface area contributed by atoms with Crippen LogP contribution in [-0.2, 0) is 0 Å². The molecule has 2 aliphatic rings. The third-order valence-corrected chi connectivity index (χ3v) is 7.57. The Kier molecular flexibility index (Phi) is 1.67. The minimum absolute atomic E-state index is 0.704. The maximum absolute atomic E-state index is 2.48. The fraction of sp³-hybridized carbons (Fsp3) is 1.00. The van der Waals surface area contributed by atoms with Crippen LogP contribution in [0.25, 0.3) is 0 Å². The summed E-state index contributed by atoms with van der Waals surface area (Å²) in [7, 11) is 0. The van der Waals surface area contributed by atoms with Crippen molar-refractivity contribution in [3.63, 3.8) is 0 Å². The molecule has 3 radical (unpaired) electrons. The van der Waals surface area contributed by atoms with E-state index in [-0.39, 0.29) is 0 Å². The molecule has 3 atom stereocenters. The Labute approximate surface area is 83.2 Å². The first kappa shape index (κ1) is 8.40. The third kappa shape index (κ3) is 0.941. The van der Waals surface area contributed by atoms with Crippen LogP contribution in [0.5, 0.6) is 0 Å². The van der Waals surface area contributed by atoms with Crippen molar-refractivity contribution < 1.29 is 0 Å². The van der Waals surface area contributed by atoms with Gasteiger partial charge in [-0.1, -0.05) is 0 Å². The van der Waals surface area contributed by atoms with Crippen molar-refractivity contribution in [3.05, 3.63) is 0 Å². The molecule has 0 spiro atoms. The Hall–Kier alpha value is 0.799. The van der Waals surface area contributed by atoms with Crippen LogP contribution in [0.4, 0.5) is 0 Å². The minimum atomic E-state index is 0.704. The number of rotatable bonds is 0. The zero-order valence-corrected chi connectivity index (χ0v) is 10.6. The van der Waals surface area contributed by atoms with Gasteiger partial charge in [-0.25, -0.2) is 0 Å². The normalized spacial score (nSPS) is 53.5. The van der Waals surface area contributed by atoms with Gasteiger partial charge in [-0.3, -0.25) is 0 Å². The average Bonchev–Trinajstić information content (AvgIpc) is 2.26. The van der Waals surface area contributed by atoms with Crippen LogP contribution in [0.15, 0.2) is 0 Å². The van der Waals surface area contributed by atoms with Crippen molar-refractivity contribution in [3.8, 4) is 0 Å². The summed E-state index contributed by atoms with van der Waals surface area (Å²) in [6.07, 6.45) is 4.52. The van der Waals surface area contributed by atoms with Crippen molar-refractivity contribution in [2.75, 3.05) is 0 Å². The van der Waals surface area contributed by atoms with Gasteiger partial charge < -0.3 is 0 Å². The summed E-state index contributed by atoms with van der Waals surface area (Å²) in [5, 5.41) is 0. The molecule has 2 fully saturated rings. The van der Waals surface area contributed by atoms with E-state index in [1.807, 2.05) is 0 Å². The van der Waals surface area contributed by atoms with Gasteiger partial charge in [0.05, 0.1) is 0 Å². The van der Waals surface area contributed by atoms with E-state index in [1.165, 1.54) is 19.3 Å². The molecule has 0 saturated heterocycles. The van der Waals surface area contributed by atoms with E-state index in [4.69, 9.17) is 0 Å². The Bertz CT molecular complexity index is 185. The van der Waals surface area contributed by atoms with E-state index in [1.54, 1.807) is 22.5 Å². The third-order valence-electron chi connectivity index (χ3n) is 4.15. The molecule has 0 aromatic carbocycles. The fourth-order valence-electron chi connectivity index (χ4n) is 3.08. The summed E-state index contributed by atoms with van der Waals surface area (Å²) in [4.78, 5) is 0. The Balaban J connectivity index is 2.17. The molecule has 0 bridgehead atoms. The Morgan fingerprint density at radius 2 is 1.91 bits per heavy atom. The summed E-state index contributed by atoms with van der Waals surface area (Å²) < 4.78 is 0.803. The van der Waals surface area contributed by atoms with Crippen LogP contribution >= 0.6 is 0 Å². The van der Waals surface area contributed by atoms with E-state index in [0.29, 0.717) is 5.41 Å². The van der Waals surface area contributed by atoms with Crippen molar-refractivity contribution in [2.45, 2.75) is 43.5 Å². The zero-order chi connectivity index (χ0) is 8.28. The molecule has 2 aliphatic carbocycles. The van der Waals surface area contributed by atoms with Crippen LogP contribution in [0.3, 0.4) is 0 Å². The summed E-state index contributed by atoms with van der Waals surface area (Å²) in [5.41, 5.74) is 0.704. The van der Waals surface area contributed by atoms with Crippen molar-refractivity contribution in [1.82, 2.24) is 0 Å². The summed E-state index contributed by atoms with van der Waals surface area (Å²) in [6.45, 7) is 7.38. The molecule has 0 N–H and O–H groups in total. The quantitative estimate of drug-likeness (QED) is 0.584. The molecule has 0 aliphatic heterocycles. The second-order valence-electron chi connectivity index (χ2n) is 5.13. The van der Waals surface area contributed by atoms with E-state index in [2.05, 4.69) is 20.8 Å². The molecule has 1 heteroatoms. The van der Waals surface area contributed by atoms with Crippen molar-refractivity contribution >= 4 is 22.5 Å². The topological polar surface area (TPSA) is 0 Å². The first-order valence-electron chi connectivity index (χ1n) is 4.73. The molecule has 0 heterocycles. The molecule has 0 nitrogen and oxygen atoms in total. The molecule has 2 rings (SSSR count). The van der Waals surface area contributed by atoms with Gasteiger partial charge >= 0.3 is 83.2 Å². The maximum atomic E-state index is 2.48. The standard InChI is InChI=1S/C10H17.Sn/c1-7-4-5-8-9(6-7)10(8,2)3;/h7-8H,4-6H2,1-3H3;. The molecule has 3 unspecified atom stereocenters. The first-order chi connectivity index (χ1) is 4.98. The summed E-state index contributed by atoms with van der Waals surface area (Å²) in [5.74, 6) is 2.09. The molecule has 0 aromatic heterocycles. The predicted octanol–water partition coefficient (Wildman–Crippen LogP) is 2.79. The number of fused-ring (bicyclic) bond motifs is 1. The van der Waals surface area contributed by atoms with Gasteiger partial charge in [0.1, 0.15) is 0 Å². The van der Waals surface area contributed by atoms with Crippen LogP contribution in [0.1, 0.15) is 40.0 Å². The average molecular weight is 256 g/mol. The van der Waals surface area contributed by atoms with E-state index in [9.17, 15) is 0 Å². The summed E-state index contributed by atoms with van der Waals surface area (Å²) >= 11 is 1.80. The molecule has 0 amide bonds. The van der Waals surface area contributed by atoms with Gasteiger partial charge in [-0.15, -0.1) is 0 Å². The zero-order valence-electron chi connectivity index (χ0n) is 7.78. The molecular formula is C10H17Sn. The SMILES string of the molecule is CC1CCC2C(C)(C)[C]2([Sn])C1. The van der Waals surface area contributed by atoms with E-state index >= 15 is 0 Å². The second-order valence-corrected chi connectivity index (χ2v) is 7.68. The van der Waals surface area contributed by atoms with Gasteiger partial charge in [0.15, 0.2) is 0 Å². The summed E-state index contributed by atoms with van der Waals surface area (Å²) in [6, 6.07) is 0. The van der Waals surface area contributed by atoms with Gasteiger partial charge in [0.25, 0.3) is 0 Å². The number of hydrogen-bond donors (Lipinski definition) is 0. The fourth-order valence-corrected chi connectivity index (χ4v) is 5.81. The van der Waals surface area contributed by atoms with Gasteiger partial charge in [0.2, 0.25) is 0 Å². The Morgan fingerprint density at radius 3 is 2.36 bits per heavy atom. The molecular weight excluding hydrogens is 239 g/mol. The van der Waals surface area contributed by atoms with E-state index < -0.39 is 0 Å². The molecule has 2 saturated carbocycles. The van der Waals surface area contributed by atoms with Gasteiger partial charge in [-0.2, -0.15) is 0 Å². The first-order valence-corrected chi connectivity index (χ1v) is 6.16. The van der Waals surface area contributed by atoms with Crippen LogP contribution in [-0.4, -0.2) is 22.5 Å². The molecule has 11 heavy (non-hydrogen) atoms. The number of hydrogen-bond acceptors (Lipinski definition) is 0. The van der Waals surface area contributed by atoms with Crippen LogP contribution in [0.2, 0.25) is 3.43 Å². The van der Waals surface area contributed by atoms with Crippen molar-refractivity contribution in [1.29, 1.82) is 0 Å². The monoisotopic (exact) mass is 257 g/mol.